The van der Waals surface area contributed by atoms with E-state index in [-0.39, 0.29) is 6.04 Å². The summed E-state index contributed by atoms with van der Waals surface area (Å²) in [6, 6.07) is 15.8. The van der Waals surface area contributed by atoms with Gasteiger partial charge in [0.25, 0.3) is 0 Å². The van der Waals surface area contributed by atoms with Crippen LogP contribution in [0.3, 0.4) is 0 Å². The molecule has 0 saturated carbocycles. The molecule has 0 saturated heterocycles. The number of aryl methyl sites for hydroxylation is 2. The van der Waals surface area contributed by atoms with Crippen LogP contribution in [0.25, 0.3) is 0 Å². The molecular formula is C19H24IN. The predicted octanol–water partition coefficient (Wildman–Crippen LogP) is 5.25. The molecule has 1 unspecified atom stereocenters. The molecule has 0 bridgehead atoms. The Balaban J connectivity index is 2.44. The van der Waals surface area contributed by atoms with Gasteiger partial charge in [0.15, 0.2) is 0 Å². The number of nitrogens with one attached hydrogen (secondary N) is 1. The molecule has 0 fully saturated rings. The van der Waals surface area contributed by atoms with E-state index in [9.17, 15) is 0 Å². The largest absolute Gasteiger partial charge is 0.306 e. The SMILES string of the molecule is CCCNC(c1cccc(CC)c1)c1cccc(C)c1I. The normalized spacial score (nSPS) is 12.4. The van der Waals surface area contributed by atoms with Gasteiger partial charge in [-0.1, -0.05) is 56.3 Å². The van der Waals surface area contributed by atoms with E-state index < -0.39 is 0 Å². The molecule has 21 heavy (non-hydrogen) atoms. The van der Waals surface area contributed by atoms with Gasteiger partial charge < -0.3 is 5.32 Å². The third kappa shape index (κ3) is 4.07. The van der Waals surface area contributed by atoms with Crippen LogP contribution >= 0.6 is 22.6 Å². The van der Waals surface area contributed by atoms with Gasteiger partial charge in [-0.3, -0.25) is 0 Å². The lowest BCUT2D eigenvalue weighted by Gasteiger charge is -2.22. The van der Waals surface area contributed by atoms with Crippen molar-refractivity contribution in [2.24, 2.45) is 0 Å². The maximum atomic E-state index is 3.72. The van der Waals surface area contributed by atoms with Gasteiger partial charge in [-0.15, -0.1) is 0 Å². The molecule has 1 N–H and O–H groups in total. The van der Waals surface area contributed by atoms with Crippen molar-refractivity contribution in [1.82, 2.24) is 5.32 Å². The summed E-state index contributed by atoms with van der Waals surface area (Å²) in [5, 5.41) is 3.72. The Kier molecular flexibility index (Phi) is 6.24. The molecule has 2 heteroatoms. The van der Waals surface area contributed by atoms with Crippen molar-refractivity contribution in [2.75, 3.05) is 6.54 Å². The van der Waals surface area contributed by atoms with Crippen LogP contribution in [0.4, 0.5) is 0 Å². The van der Waals surface area contributed by atoms with E-state index in [1.54, 1.807) is 0 Å². The third-order valence-electron chi connectivity index (χ3n) is 3.82. The molecular weight excluding hydrogens is 369 g/mol. The lowest BCUT2D eigenvalue weighted by Crippen LogP contribution is -2.24. The predicted molar refractivity (Wildman–Crippen MR) is 99.9 cm³/mol. The van der Waals surface area contributed by atoms with Gasteiger partial charge in [0, 0.05) is 3.57 Å². The van der Waals surface area contributed by atoms with E-state index in [1.807, 2.05) is 0 Å². The average Bonchev–Trinajstić information content (AvgIpc) is 2.52. The Morgan fingerprint density at radius 1 is 1.10 bits per heavy atom. The molecule has 0 spiro atoms. The van der Waals surface area contributed by atoms with Crippen molar-refractivity contribution in [2.45, 2.75) is 39.7 Å². The molecule has 0 aliphatic heterocycles. The first-order valence-corrected chi connectivity index (χ1v) is 8.82. The van der Waals surface area contributed by atoms with Gasteiger partial charge in [0.1, 0.15) is 0 Å². The Bertz CT molecular complexity index is 592. The second-order valence-corrected chi connectivity index (χ2v) is 6.54. The van der Waals surface area contributed by atoms with Crippen LogP contribution in [0.1, 0.15) is 48.6 Å². The lowest BCUT2D eigenvalue weighted by molar-refractivity contribution is 0.596. The maximum absolute atomic E-state index is 3.72. The quantitative estimate of drug-likeness (QED) is 0.661. The molecule has 0 aromatic heterocycles. The first-order chi connectivity index (χ1) is 10.2. The van der Waals surface area contributed by atoms with Gasteiger partial charge in [-0.05, 0) is 71.2 Å². The van der Waals surface area contributed by atoms with Gasteiger partial charge in [-0.25, -0.2) is 0 Å². The van der Waals surface area contributed by atoms with Crippen LogP contribution in [0, 0.1) is 10.5 Å². The average molecular weight is 393 g/mol. The number of benzene rings is 2. The summed E-state index contributed by atoms with van der Waals surface area (Å²) in [7, 11) is 0. The summed E-state index contributed by atoms with van der Waals surface area (Å²) >= 11 is 2.48. The zero-order valence-corrected chi connectivity index (χ0v) is 15.3. The zero-order chi connectivity index (χ0) is 15.2. The van der Waals surface area contributed by atoms with Crippen molar-refractivity contribution in [3.05, 3.63) is 68.3 Å². The van der Waals surface area contributed by atoms with Gasteiger partial charge in [-0.2, -0.15) is 0 Å². The molecule has 1 nitrogen and oxygen atoms in total. The molecule has 2 rings (SSSR count). The molecule has 0 aliphatic carbocycles. The molecule has 2 aromatic carbocycles. The highest BCUT2D eigenvalue weighted by Gasteiger charge is 2.17. The topological polar surface area (TPSA) is 12.0 Å². The summed E-state index contributed by atoms with van der Waals surface area (Å²) in [4.78, 5) is 0. The van der Waals surface area contributed by atoms with E-state index >= 15 is 0 Å². The molecule has 2 aromatic rings. The minimum absolute atomic E-state index is 0.281. The fourth-order valence-corrected chi connectivity index (χ4v) is 3.25. The molecule has 112 valence electrons. The summed E-state index contributed by atoms with van der Waals surface area (Å²) < 4.78 is 1.37. The van der Waals surface area contributed by atoms with Gasteiger partial charge in [0.2, 0.25) is 0 Å². The fraction of sp³-hybridized carbons (Fsp3) is 0.368. The van der Waals surface area contributed by atoms with Crippen molar-refractivity contribution >= 4 is 22.6 Å². The smallest absolute Gasteiger partial charge is 0.0587 e. The van der Waals surface area contributed by atoms with Crippen LogP contribution in [-0.2, 0) is 6.42 Å². The molecule has 0 aliphatic rings. The van der Waals surface area contributed by atoms with Crippen molar-refractivity contribution in [3.63, 3.8) is 0 Å². The van der Waals surface area contributed by atoms with Crippen LogP contribution in [-0.4, -0.2) is 6.54 Å². The Morgan fingerprint density at radius 2 is 1.86 bits per heavy atom. The molecule has 1 atom stereocenters. The summed E-state index contributed by atoms with van der Waals surface area (Å²) in [6.45, 7) is 7.65. The van der Waals surface area contributed by atoms with E-state index in [2.05, 4.69) is 91.1 Å². The standard InChI is InChI=1S/C19H24IN/c1-4-12-21-19(16-10-7-9-15(5-2)13-16)17-11-6-8-14(3)18(17)20/h6-11,13,19,21H,4-5,12H2,1-3H3. The maximum Gasteiger partial charge on any atom is 0.0587 e. The number of hydrogen-bond donors (Lipinski definition) is 1. The zero-order valence-electron chi connectivity index (χ0n) is 13.1. The van der Waals surface area contributed by atoms with E-state index in [4.69, 9.17) is 0 Å². The van der Waals surface area contributed by atoms with E-state index in [0.29, 0.717) is 0 Å². The van der Waals surface area contributed by atoms with Crippen molar-refractivity contribution < 1.29 is 0 Å². The molecule has 0 amide bonds. The summed E-state index contributed by atoms with van der Waals surface area (Å²) in [5.41, 5.74) is 5.50. The van der Waals surface area contributed by atoms with E-state index in [0.717, 1.165) is 19.4 Å². The van der Waals surface area contributed by atoms with Crippen LogP contribution in [0.5, 0.6) is 0 Å². The Labute approximate surface area is 142 Å². The minimum Gasteiger partial charge on any atom is -0.306 e. The number of rotatable bonds is 6. The third-order valence-corrected chi connectivity index (χ3v) is 5.30. The van der Waals surface area contributed by atoms with Gasteiger partial charge in [0.05, 0.1) is 6.04 Å². The highest BCUT2D eigenvalue weighted by Crippen LogP contribution is 2.28. The van der Waals surface area contributed by atoms with Crippen LogP contribution in [0.2, 0.25) is 0 Å². The first-order valence-electron chi connectivity index (χ1n) is 7.74. The van der Waals surface area contributed by atoms with E-state index in [1.165, 1.54) is 25.8 Å². The minimum atomic E-state index is 0.281. The highest BCUT2D eigenvalue weighted by atomic mass is 127. The Hall–Kier alpha value is -0.870. The lowest BCUT2D eigenvalue weighted by atomic mass is 9.95. The number of hydrogen-bond acceptors (Lipinski definition) is 1. The van der Waals surface area contributed by atoms with Crippen LogP contribution in [0.15, 0.2) is 42.5 Å². The molecule has 0 heterocycles. The first kappa shape index (κ1) is 16.5. The second-order valence-electron chi connectivity index (χ2n) is 5.46. The summed E-state index contributed by atoms with van der Waals surface area (Å²) in [5.74, 6) is 0. The fourth-order valence-electron chi connectivity index (χ4n) is 2.58. The second kappa shape index (κ2) is 7.95. The number of halogens is 1. The Morgan fingerprint density at radius 3 is 2.57 bits per heavy atom. The summed E-state index contributed by atoms with van der Waals surface area (Å²) in [6.07, 6.45) is 2.23. The molecule has 0 radical (unpaired) electrons. The monoisotopic (exact) mass is 393 g/mol. The van der Waals surface area contributed by atoms with Crippen molar-refractivity contribution in [3.8, 4) is 0 Å². The highest BCUT2D eigenvalue weighted by molar-refractivity contribution is 14.1. The van der Waals surface area contributed by atoms with Gasteiger partial charge >= 0.3 is 0 Å². The van der Waals surface area contributed by atoms with Crippen LogP contribution < -0.4 is 5.32 Å². The van der Waals surface area contributed by atoms with Crippen molar-refractivity contribution in [1.29, 1.82) is 0 Å².